The number of hydrogen-bond donors (Lipinski definition) is 2. The molecule has 0 fully saturated rings. The third-order valence-corrected chi connectivity index (χ3v) is 3.11. The highest BCUT2D eigenvalue weighted by Crippen LogP contribution is 2.34. The molecule has 1 aliphatic carbocycles. The highest BCUT2D eigenvalue weighted by molar-refractivity contribution is 5.37. The number of aliphatic hydroxyl groups excluding tert-OH is 2. The van der Waals surface area contributed by atoms with Crippen molar-refractivity contribution in [2.45, 2.75) is 25.9 Å². The first-order valence-corrected chi connectivity index (χ1v) is 5.09. The van der Waals surface area contributed by atoms with Crippen molar-refractivity contribution in [1.29, 1.82) is 0 Å². The molecule has 2 N–H and O–H groups in total. The van der Waals surface area contributed by atoms with Gasteiger partial charge in [-0.05, 0) is 42.4 Å². The van der Waals surface area contributed by atoms with E-state index in [0.29, 0.717) is 6.42 Å². The van der Waals surface area contributed by atoms with Gasteiger partial charge in [-0.1, -0.05) is 18.2 Å². The van der Waals surface area contributed by atoms with Gasteiger partial charge in [0.1, 0.15) is 0 Å². The van der Waals surface area contributed by atoms with Gasteiger partial charge in [-0.15, -0.1) is 0 Å². The van der Waals surface area contributed by atoms with Gasteiger partial charge in [-0.25, -0.2) is 0 Å². The third kappa shape index (κ3) is 1.56. The second-order valence-electron chi connectivity index (χ2n) is 4.15. The summed E-state index contributed by atoms with van der Waals surface area (Å²) in [4.78, 5) is 0. The summed E-state index contributed by atoms with van der Waals surface area (Å²) in [7, 11) is 0. The van der Waals surface area contributed by atoms with E-state index in [1.54, 1.807) is 0 Å². The third-order valence-electron chi connectivity index (χ3n) is 3.11. The summed E-state index contributed by atoms with van der Waals surface area (Å²) < 4.78 is 0. The molecule has 0 radical (unpaired) electrons. The van der Waals surface area contributed by atoms with Gasteiger partial charge in [0.2, 0.25) is 0 Å². The maximum atomic E-state index is 9.88. The molecule has 1 aromatic rings. The van der Waals surface area contributed by atoms with E-state index in [1.807, 2.05) is 12.1 Å². The summed E-state index contributed by atoms with van der Waals surface area (Å²) in [6.07, 6.45) is 1.19. The molecule has 2 rings (SSSR count). The average Bonchev–Trinajstić information content (AvgIpc) is 2.19. The predicted octanol–water partition coefficient (Wildman–Crippen LogP) is 1.58. The maximum absolute atomic E-state index is 9.88. The van der Waals surface area contributed by atoms with Crippen LogP contribution >= 0.6 is 0 Å². The van der Waals surface area contributed by atoms with Crippen molar-refractivity contribution in [1.82, 2.24) is 0 Å². The summed E-state index contributed by atoms with van der Waals surface area (Å²) in [5, 5.41) is 19.0. The molecule has 0 heterocycles. The number of benzene rings is 1. The molecule has 0 spiro atoms. The van der Waals surface area contributed by atoms with E-state index in [-0.39, 0.29) is 12.5 Å². The molecule has 14 heavy (non-hydrogen) atoms. The van der Waals surface area contributed by atoms with Crippen LogP contribution in [0.4, 0.5) is 0 Å². The van der Waals surface area contributed by atoms with E-state index in [1.165, 1.54) is 11.1 Å². The summed E-state index contributed by atoms with van der Waals surface area (Å²) >= 11 is 0. The number of fused-ring (bicyclic) bond motifs is 1. The Bertz CT molecular complexity index is 333. The Balaban J connectivity index is 2.40. The smallest absolute Gasteiger partial charge is 0.0796 e. The Morgan fingerprint density at radius 1 is 1.43 bits per heavy atom. The Kier molecular flexibility index (Phi) is 2.57. The second-order valence-corrected chi connectivity index (χ2v) is 4.15. The fourth-order valence-electron chi connectivity index (χ4n) is 2.27. The van der Waals surface area contributed by atoms with Gasteiger partial charge < -0.3 is 10.2 Å². The molecule has 2 heteroatoms. The van der Waals surface area contributed by atoms with Crippen LogP contribution in [0, 0.1) is 12.8 Å². The summed E-state index contributed by atoms with van der Waals surface area (Å²) in [5.74, 6) is 0.221. The molecule has 0 bridgehead atoms. The Morgan fingerprint density at radius 3 is 2.93 bits per heavy atom. The van der Waals surface area contributed by atoms with E-state index in [2.05, 4.69) is 13.0 Å². The molecule has 0 aliphatic heterocycles. The van der Waals surface area contributed by atoms with Crippen molar-refractivity contribution < 1.29 is 10.2 Å². The van der Waals surface area contributed by atoms with E-state index in [4.69, 9.17) is 5.11 Å². The van der Waals surface area contributed by atoms with Crippen molar-refractivity contribution in [2.75, 3.05) is 6.61 Å². The minimum atomic E-state index is -0.393. The molecule has 2 atom stereocenters. The molecule has 0 saturated heterocycles. The summed E-state index contributed by atoms with van der Waals surface area (Å²) in [6, 6.07) is 6.03. The van der Waals surface area contributed by atoms with Gasteiger partial charge in [0, 0.05) is 6.61 Å². The van der Waals surface area contributed by atoms with Crippen LogP contribution in [0.3, 0.4) is 0 Å². The van der Waals surface area contributed by atoms with Crippen LogP contribution in [0.2, 0.25) is 0 Å². The Morgan fingerprint density at radius 2 is 2.21 bits per heavy atom. The first kappa shape index (κ1) is 9.69. The van der Waals surface area contributed by atoms with Crippen LogP contribution < -0.4 is 0 Å². The highest BCUT2D eigenvalue weighted by Gasteiger charge is 2.25. The van der Waals surface area contributed by atoms with Crippen molar-refractivity contribution in [3.8, 4) is 0 Å². The van der Waals surface area contributed by atoms with Gasteiger partial charge in [0.05, 0.1) is 6.10 Å². The molecule has 76 valence electrons. The van der Waals surface area contributed by atoms with Crippen LogP contribution in [0.1, 0.15) is 29.2 Å². The van der Waals surface area contributed by atoms with Crippen LogP contribution in [-0.2, 0) is 6.42 Å². The minimum absolute atomic E-state index is 0.171. The van der Waals surface area contributed by atoms with Crippen molar-refractivity contribution >= 4 is 0 Å². The highest BCUT2D eigenvalue weighted by atomic mass is 16.3. The topological polar surface area (TPSA) is 40.5 Å². The lowest BCUT2D eigenvalue weighted by Gasteiger charge is -2.28. The maximum Gasteiger partial charge on any atom is 0.0796 e. The van der Waals surface area contributed by atoms with E-state index in [0.717, 1.165) is 12.0 Å². The SMILES string of the molecule is Cc1cccc2c1C[C@H](CO)C[C@H]2O. The quantitative estimate of drug-likeness (QED) is 0.709. The van der Waals surface area contributed by atoms with Gasteiger partial charge in [0.15, 0.2) is 0 Å². The second kappa shape index (κ2) is 3.71. The van der Waals surface area contributed by atoms with Gasteiger partial charge in [-0.2, -0.15) is 0 Å². The van der Waals surface area contributed by atoms with Gasteiger partial charge in [0.25, 0.3) is 0 Å². The van der Waals surface area contributed by atoms with Crippen LogP contribution in [0.5, 0.6) is 0 Å². The zero-order valence-electron chi connectivity index (χ0n) is 8.40. The monoisotopic (exact) mass is 192 g/mol. The van der Waals surface area contributed by atoms with E-state index < -0.39 is 6.10 Å². The molecular weight excluding hydrogens is 176 g/mol. The molecule has 0 unspecified atom stereocenters. The van der Waals surface area contributed by atoms with Crippen LogP contribution in [-0.4, -0.2) is 16.8 Å². The number of aliphatic hydroxyl groups is 2. The zero-order valence-corrected chi connectivity index (χ0v) is 8.40. The van der Waals surface area contributed by atoms with E-state index >= 15 is 0 Å². The summed E-state index contributed by atoms with van der Waals surface area (Å²) in [5.41, 5.74) is 3.50. The number of hydrogen-bond acceptors (Lipinski definition) is 2. The normalized spacial score (nSPS) is 25.9. The zero-order chi connectivity index (χ0) is 10.1. The molecule has 1 aliphatic rings. The Labute approximate surface area is 84.2 Å². The van der Waals surface area contributed by atoms with Gasteiger partial charge >= 0.3 is 0 Å². The van der Waals surface area contributed by atoms with Gasteiger partial charge in [-0.3, -0.25) is 0 Å². The molecule has 0 saturated carbocycles. The van der Waals surface area contributed by atoms with Crippen LogP contribution in [0.15, 0.2) is 18.2 Å². The lowest BCUT2D eigenvalue weighted by atomic mass is 9.80. The lowest BCUT2D eigenvalue weighted by molar-refractivity contribution is 0.104. The first-order valence-electron chi connectivity index (χ1n) is 5.09. The Hall–Kier alpha value is -0.860. The molecule has 1 aromatic carbocycles. The van der Waals surface area contributed by atoms with Crippen LogP contribution in [0.25, 0.3) is 0 Å². The lowest BCUT2D eigenvalue weighted by Crippen LogP contribution is -2.21. The molecule has 0 aromatic heterocycles. The molecule has 0 amide bonds. The van der Waals surface area contributed by atoms with Crippen molar-refractivity contribution in [3.05, 3.63) is 34.9 Å². The molecular formula is C12H16O2. The number of rotatable bonds is 1. The predicted molar refractivity (Wildman–Crippen MR) is 55.0 cm³/mol. The van der Waals surface area contributed by atoms with E-state index in [9.17, 15) is 5.11 Å². The largest absolute Gasteiger partial charge is 0.396 e. The molecule has 2 nitrogen and oxygen atoms in total. The summed E-state index contributed by atoms with van der Waals surface area (Å²) in [6.45, 7) is 2.23. The fourth-order valence-corrected chi connectivity index (χ4v) is 2.27. The first-order chi connectivity index (χ1) is 6.72. The van der Waals surface area contributed by atoms with Crippen molar-refractivity contribution in [2.24, 2.45) is 5.92 Å². The minimum Gasteiger partial charge on any atom is -0.396 e. The number of aryl methyl sites for hydroxylation is 1. The fraction of sp³-hybridized carbons (Fsp3) is 0.500. The average molecular weight is 192 g/mol. The van der Waals surface area contributed by atoms with Crippen molar-refractivity contribution in [3.63, 3.8) is 0 Å². The standard InChI is InChI=1S/C12H16O2/c1-8-3-2-4-10-11(8)5-9(7-13)6-12(10)14/h2-4,9,12-14H,5-7H2,1H3/t9-,12+/m0/s1.